The van der Waals surface area contributed by atoms with Gasteiger partial charge in [-0.3, -0.25) is 4.79 Å². The van der Waals surface area contributed by atoms with E-state index < -0.39 is 30.7 Å². The van der Waals surface area contributed by atoms with Crippen molar-refractivity contribution in [3.8, 4) is 28.2 Å². The zero-order valence-electron chi connectivity index (χ0n) is 20.9. The minimum Gasteiger partial charge on any atom is -0.508 e. The van der Waals surface area contributed by atoms with E-state index in [2.05, 4.69) is 10.6 Å². The molecular weight excluding hydrogens is 524 g/mol. The fraction of sp³-hybridized carbons (Fsp3) is 0.286. The maximum absolute atomic E-state index is 11.9. The number of nitrogens with one attached hydrogen (secondary N) is 2. The molecule has 0 amide bonds. The Hall–Kier alpha value is -3.58. The van der Waals surface area contributed by atoms with Gasteiger partial charge in [0.1, 0.15) is 35.4 Å². The number of phenolic OH excluding ortho intramolecular Hbond substituents is 1. The molecule has 6 N–H and O–H groups in total. The van der Waals surface area contributed by atoms with E-state index in [4.69, 9.17) is 26.1 Å². The van der Waals surface area contributed by atoms with Crippen LogP contribution in [0.1, 0.15) is 6.92 Å². The van der Waals surface area contributed by atoms with Crippen LogP contribution in [-0.4, -0.2) is 69.4 Å². The molecule has 5 atom stereocenters. The first-order chi connectivity index (χ1) is 18.7. The van der Waals surface area contributed by atoms with Gasteiger partial charge in [-0.1, -0.05) is 12.1 Å². The van der Waals surface area contributed by atoms with Crippen molar-refractivity contribution >= 4 is 34.0 Å². The number of rotatable bonds is 6. The maximum Gasteiger partial charge on any atom is 0.186 e. The van der Waals surface area contributed by atoms with Crippen LogP contribution in [-0.2, 0) is 9.47 Å². The molecule has 10 nitrogen and oxygen atoms in total. The standard InChI is InChI=1S/C28H28N2O8S/c1-14-24(33)25(34)26(35)27(37-14)36-11-10-29-28(39)30-16-4-2-15(3-5-16)23-19-8-6-17(31)12-21(19)38-22-13-18(32)7-9-20(22)23/h2-9,12-14,24-27,31,33-35H,10-11H2,1H3,(H2,29,30,39)/t14?,24-,25+,26?,27-/m1/s1. The number of anilines is 1. The number of aromatic hydroxyl groups is 1. The normalized spacial score (nSPS) is 23.1. The molecule has 2 aromatic rings. The number of benzene rings is 3. The molecule has 2 aromatic carbocycles. The number of phenols is 1. The Morgan fingerprint density at radius 3 is 2.54 bits per heavy atom. The molecule has 0 spiro atoms. The lowest BCUT2D eigenvalue weighted by atomic mass is 9.93. The van der Waals surface area contributed by atoms with Crippen LogP contribution in [0.4, 0.5) is 5.69 Å². The average molecular weight is 553 g/mol. The highest BCUT2D eigenvalue weighted by atomic mass is 32.1. The molecule has 2 unspecified atom stereocenters. The van der Waals surface area contributed by atoms with Gasteiger partial charge in [-0.25, -0.2) is 0 Å². The van der Waals surface area contributed by atoms with Crippen LogP contribution in [0.15, 0.2) is 69.9 Å². The smallest absolute Gasteiger partial charge is 0.186 e. The number of aliphatic hydroxyl groups is 3. The van der Waals surface area contributed by atoms with Gasteiger partial charge in [0.05, 0.1) is 12.7 Å². The van der Waals surface area contributed by atoms with Crippen molar-refractivity contribution in [1.29, 1.82) is 0 Å². The van der Waals surface area contributed by atoms with Gasteiger partial charge in [-0.2, -0.15) is 0 Å². The maximum atomic E-state index is 11.9. The van der Waals surface area contributed by atoms with E-state index in [0.717, 1.165) is 27.8 Å². The average Bonchev–Trinajstić information content (AvgIpc) is 2.91. The third-order valence-corrected chi connectivity index (χ3v) is 6.83. The Kier molecular flexibility index (Phi) is 7.80. The van der Waals surface area contributed by atoms with E-state index >= 15 is 0 Å². The molecule has 39 heavy (non-hydrogen) atoms. The van der Waals surface area contributed by atoms with Crippen LogP contribution in [0.5, 0.6) is 5.75 Å². The summed E-state index contributed by atoms with van der Waals surface area (Å²) in [4.78, 5) is 11.9. The molecule has 2 heterocycles. The molecule has 1 aliphatic carbocycles. The van der Waals surface area contributed by atoms with E-state index in [1.54, 1.807) is 25.1 Å². The second-order valence-corrected chi connectivity index (χ2v) is 9.73. The third kappa shape index (κ3) is 5.74. The minimum atomic E-state index is -1.36. The van der Waals surface area contributed by atoms with Gasteiger partial charge in [0.15, 0.2) is 16.8 Å². The van der Waals surface area contributed by atoms with Crippen LogP contribution in [0.2, 0.25) is 0 Å². The molecule has 0 aromatic heterocycles. The SMILES string of the molecule is CC1O[C@@H](OCCNC(=S)Nc2ccc(-c3c4ccc(=O)cc-4oc4cc(O)ccc34)cc2)C(O)[C@@H](O)[C@@H]1O. The van der Waals surface area contributed by atoms with Crippen molar-refractivity contribution < 1.29 is 34.3 Å². The van der Waals surface area contributed by atoms with Gasteiger partial charge < -0.3 is 45.0 Å². The molecule has 5 rings (SSSR count). The lowest BCUT2D eigenvalue weighted by Crippen LogP contribution is -2.57. The van der Waals surface area contributed by atoms with E-state index in [9.17, 15) is 25.2 Å². The summed E-state index contributed by atoms with van der Waals surface area (Å²) < 4.78 is 16.8. The van der Waals surface area contributed by atoms with Crippen molar-refractivity contribution in [3.63, 3.8) is 0 Å². The van der Waals surface area contributed by atoms with Crippen LogP contribution in [0.3, 0.4) is 0 Å². The van der Waals surface area contributed by atoms with E-state index in [-0.39, 0.29) is 17.8 Å². The Labute approximate surface area is 228 Å². The summed E-state index contributed by atoms with van der Waals surface area (Å²) in [6.07, 6.45) is -5.63. The fourth-order valence-electron chi connectivity index (χ4n) is 4.56. The number of thiocarbonyl (C=S) groups is 1. The predicted molar refractivity (Wildman–Crippen MR) is 149 cm³/mol. The summed E-state index contributed by atoms with van der Waals surface area (Å²) in [7, 11) is 0. The zero-order chi connectivity index (χ0) is 27.7. The topological polar surface area (TPSA) is 154 Å². The summed E-state index contributed by atoms with van der Waals surface area (Å²) in [6, 6.07) is 17.1. The van der Waals surface area contributed by atoms with Crippen molar-refractivity contribution in [2.75, 3.05) is 18.5 Å². The van der Waals surface area contributed by atoms with Crippen LogP contribution in [0.25, 0.3) is 33.4 Å². The molecule has 1 saturated heterocycles. The van der Waals surface area contributed by atoms with Crippen molar-refractivity contribution in [1.82, 2.24) is 5.32 Å². The lowest BCUT2D eigenvalue weighted by molar-refractivity contribution is -0.292. The molecule has 2 aliphatic heterocycles. The summed E-state index contributed by atoms with van der Waals surface area (Å²) in [6.45, 7) is 2.03. The monoisotopic (exact) mass is 552 g/mol. The summed E-state index contributed by atoms with van der Waals surface area (Å²) in [5.41, 5.74) is 3.56. The van der Waals surface area contributed by atoms with Gasteiger partial charge in [-0.15, -0.1) is 0 Å². The van der Waals surface area contributed by atoms with Crippen molar-refractivity contribution in [2.45, 2.75) is 37.6 Å². The second kappa shape index (κ2) is 11.3. The van der Waals surface area contributed by atoms with Gasteiger partial charge in [0, 0.05) is 40.9 Å². The zero-order valence-corrected chi connectivity index (χ0v) is 21.7. The fourth-order valence-corrected chi connectivity index (χ4v) is 4.78. The number of aliphatic hydroxyl groups excluding tert-OH is 3. The summed E-state index contributed by atoms with van der Waals surface area (Å²) in [5, 5.41) is 46.8. The number of ether oxygens (including phenoxy) is 2. The van der Waals surface area contributed by atoms with Crippen molar-refractivity contribution in [3.05, 3.63) is 70.9 Å². The molecule has 0 saturated carbocycles. The van der Waals surface area contributed by atoms with Gasteiger partial charge in [0.25, 0.3) is 0 Å². The molecule has 0 radical (unpaired) electrons. The van der Waals surface area contributed by atoms with E-state index in [1.165, 1.54) is 18.2 Å². The van der Waals surface area contributed by atoms with Gasteiger partial charge in [-0.05, 0) is 61.1 Å². The Bertz CT molecular complexity index is 1510. The Morgan fingerprint density at radius 2 is 1.77 bits per heavy atom. The molecule has 1 fully saturated rings. The highest BCUT2D eigenvalue weighted by Crippen LogP contribution is 2.40. The first-order valence-electron chi connectivity index (χ1n) is 12.4. The van der Waals surface area contributed by atoms with Gasteiger partial charge >= 0.3 is 0 Å². The quantitative estimate of drug-likeness (QED) is 0.119. The van der Waals surface area contributed by atoms with Crippen LogP contribution >= 0.6 is 12.2 Å². The highest BCUT2D eigenvalue weighted by Gasteiger charge is 2.42. The van der Waals surface area contributed by atoms with Gasteiger partial charge in [0.2, 0.25) is 0 Å². The second-order valence-electron chi connectivity index (χ2n) is 9.33. The third-order valence-electron chi connectivity index (χ3n) is 6.59. The Morgan fingerprint density at radius 1 is 1.00 bits per heavy atom. The minimum absolute atomic E-state index is 0.0641. The van der Waals surface area contributed by atoms with E-state index in [0.29, 0.717) is 23.0 Å². The largest absolute Gasteiger partial charge is 0.508 e. The Balaban J connectivity index is 1.23. The lowest BCUT2D eigenvalue weighted by Gasteiger charge is -2.38. The number of fused-ring (bicyclic) bond motifs is 2. The first-order valence-corrected chi connectivity index (χ1v) is 12.8. The predicted octanol–water partition coefficient (Wildman–Crippen LogP) is 2.40. The summed E-state index contributed by atoms with van der Waals surface area (Å²) >= 11 is 5.36. The highest BCUT2D eigenvalue weighted by molar-refractivity contribution is 7.80. The van der Waals surface area contributed by atoms with Crippen LogP contribution in [0, 0.1) is 0 Å². The van der Waals surface area contributed by atoms with Crippen LogP contribution < -0.4 is 16.1 Å². The molecular formula is C28H28N2O8S. The van der Waals surface area contributed by atoms with Crippen molar-refractivity contribution in [2.24, 2.45) is 0 Å². The number of hydrogen-bond donors (Lipinski definition) is 6. The summed E-state index contributed by atoms with van der Waals surface area (Å²) in [5.74, 6) is 0.492. The molecule has 0 bridgehead atoms. The first kappa shape index (κ1) is 27.0. The van der Waals surface area contributed by atoms with E-state index in [1.807, 2.05) is 24.3 Å². The number of hydrogen-bond acceptors (Lipinski definition) is 9. The molecule has 3 aliphatic rings. The molecule has 11 heteroatoms. The molecule has 204 valence electrons.